The first kappa shape index (κ1) is 15.0. The maximum absolute atomic E-state index is 11.8. The molecule has 0 aliphatic carbocycles. The van der Waals surface area contributed by atoms with Crippen molar-refractivity contribution in [3.05, 3.63) is 0 Å². The van der Waals surface area contributed by atoms with Crippen LogP contribution in [-0.2, 0) is 14.3 Å². The van der Waals surface area contributed by atoms with Crippen LogP contribution in [0.5, 0.6) is 0 Å². The zero-order valence-corrected chi connectivity index (χ0v) is 11.4. The summed E-state index contributed by atoms with van der Waals surface area (Å²) in [6.45, 7) is 3.43. The van der Waals surface area contributed by atoms with Crippen LogP contribution in [0.25, 0.3) is 0 Å². The van der Waals surface area contributed by atoms with Gasteiger partial charge in [-0.2, -0.15) is 5.26 Å². The zero-order chi connectivity index (χ0) is 13.4. The fraction of sp³-hybridized carbons (Fsp3) is 0.857. The predicted octanol–water partition coefficient (Wildman–Crippen LogP) is 2.68. The van der Waals surface area contributed by atoms with E-state index in [-0.39, 0.29) is 5.41 Å². The number of carbonyl (C=O) groups is 1. The molecule has 0 bridgehead atoms. The summed E-state index contributed by atoms with van der Waals surface area (Å²) in [5.41, 5.74) is -0.241. The molecule has 1 atom stereocenters. The highest BCUT2D eigenvalue weighted by Gasteiger charge is 2.44. The number of nitrogens with zero attached hydrogens (tertiary/aromatic N) is 1. The molecule has 0 radical (unpaired) electrons. The van der Waals surface area contributed by atoms with Gasteiger partial charge in [0.2, 0.25) is 0 Å². The number of esters is 1. The van der Waals surface area contributed by atoms with Crippen molar-refractivity contribution in [1.82, 2.24) is 0 Å². The number of rotatable bonds is 6. The van der Waals surface area contributed by atoms with E-state index in [0.717, 1.165) is 38.5 Å². The number of ether oxygens (including phenoxy) is 2. The molecule has 1 unspecified atom stereocenters. The van der Waals surface area contributed by atoms with Gasteiger partial charge in [0.1, 0.15) is 5.92 Å². The normalized spacial score (nSPS) is 19.8. The van der Waals surface area contributed by atoms with Gasteiger partial charge in [0.05, 0.1) is 13.2 Å². The summed E-state index contributed by atoms with van der Waals surface area (Å²) in [7, 11) is 1.35. The molecule has 1 fully saturated rings. The molecule has 1 aliphatic rings. The summed E-state index contributed by atoms with van der Waals surface area (Å²) >= 11 is 0. The molecule has 1 rings (SSSR count). The van der Waals surface area contributed by atoms with Crippen molar-refractivity contribution in [2.45, 2.75) is 45.4 Å². The Kier molecular flexibility index (Phi) is 6.14. The Morgan fingerprint density at radius 2 is 2.11 bits per heavy atom. The van der Waals surface area contributed by atoms with Crippen molar-refractivity contribution in [2.24, 2.45) is 11.3 Å². The van der Waals surface area contributed by atoms with E-state index in [1.54, 1.807) is 0 Å². The van der Waals surface area contributed by atoms with Crippen LogP contribution >= 0.6 is 0 Å². The molecule has 0 aromatic heterocycles. The first-order valence-electron chi connectivity index (χ1n) is 6.75. The fourth-order valence-electron chi connectivity index (χ4n) is 2.75. The van der Waals surface area contributed by atoms with E-state index in [1.807, 2.05) is 0 Å². The minimum absolute atomic E-state index is 0.241. The van der Waals surface area contributed by atoms with Crippen molar-refractivity contribution < 1.29 is 14.3 Å². The molecule has 4 nitrogen and oxygen atoms in total. The lowest BCUT2D eigenvalue weighted by Gasteiger charge is -2.39. The Morgan fingerprint density at radius 3 is 2.61 bits per heavy atom. The van der Waals surface area contributed by atoms with E-state index in [0.29, 0.717) is 13.2 Å². The topological polar surface area (TPSA) is 59.3 Å². The van der Waals surface area contributed by atoms with E-state index < -0.39 is 11.9 Å². The maximum atomic E-state index is 11.8. The molecule has 0 N–H and O–H groups in total. The van der Waals surface area contributed by atoms with Crippen LogP contribution in [0, 0.1) is 22.7 Å². The van der Waals surface area contributed by atoms with Crippen LogP contribution in [0.2, 0.25) is 0 Å². The van der Waals surface area contributed by atoms with E-state index >= 15 is 0 Å². The number of unbranched alkanes of at least 4 members (excludes halogenated alkanes) is 2. The number of methoxy groups -OCH3 is 1. The highest BCUT2D eigenvalue weighted by atomic mass is 16.5. The molecular weight excluding hydrogens is 230 g/mol. The van der Waals surface area contributed by atoms with Gasteiger partial charge < -0.3 is 9.47 Å². The number of hydrogen-bond donors (Lipinski definition) is 0. The highest BCUT2D eigenvalue weighted by molar-refractivity contribution is 5.76. The third kappa shape index (κ3) is 3.46. The molecular formula is C14H23NO3. The first-order valence-corrected chi connectivity index (χ1v) is 6.75. The third-order valence-corrected chi connectivity index (χ3v) is 3.95. The van der Waals surface area contributed by atoms with Crippen molar-refractivity contribution in [3.63, 3.8) is 0 Å². The number of hydrogen-bond acceptors (Lipinski definition) is 4. The minimum atomic E-state index is -0.650. The second-order valence-electron chi connectivity index (χ2n) is 5.02. The summed E-state index contributed by atoms with van der Waals surface area (Å²) in [6.07, 6.45) is 5.82. The van der Waals surface area contributed by atoms with Crippen LogP contribution in [0.4, 0.5) is 0 Å². The predicted molar refractivity (Wildman–Crippen MR) is 67.7 cm³/mol. The van der Waals surface area contributed by atoms with Gasteiger partial charge in [-0.25, -0.2) is 0 Å². The zero-order valence-electron chi connectivity index (χ0n) is 11.4. The largest absolute Gasteiger partial charge is 0.468 e. The second kappa shape index (κ2) is 7.38. The summed E-state index contributed by atoms with van der Waals surface area (Å²) < 4.78 is 10.2. The van der Waals surface area contributed by atoms with Crippen LogP contribution in [-0.4, -0.2) is 26.3 Å². The van der Waals surface area contributed by atoms with Gasteiger partial charge in [0.15, 0.2) is 0 Å². The quantitative estimate of drug-likeness (QED) is 0.539. The molecule has 18 heavy (non-hydrogen) atoms. The minimum Gasteiger partial charge on any atom is -0.468 e. The van der Waals surface area contributed by atoms with Gasteiger partial charge in [0, 0.05) is 18.6 Å². The van der Waals surface area contributed by atoms with Crippen molar-refractivity contribution in [1.29, 1.82) is 5.26 Å². The first-order chi connectivity index (χ1) is 8.70. The summed E-state index contributed by atoms with van der Waals surface area (Å²) in [4.78, 5) is 11.8. The Morgan fingerprint density at radius 1 is 1.44 bits per heavy atom. The lowest BCUT2D eigenvalue weighted by molar-refractivity contribution is -0.150. The second-order valence-corrected chi connectivity index (χ2v) is 5.02. The van der Waals surface area contributed by atoms with Gasteiger partial charge >= 0.3 is 5.97 Å². The number of nitriles is 1. The Bertz CT molecular complexity index is 303. The van der Waals surface area contributed by atoms with Crippen LogP contribution in [0.15, 0.2) is 0 Å². The van der Waals surface area contributed by atoms with Crippen molar-refractivity contribution in [3.8, 4) is 6.07 Å². The van der Waals surface area contributed by atoms with Crippen molar-refractivity contribution in [2.75, 3.05) is 20.3 Å². The molecule has 4 heteroatoms. The summed E-state index contributed by atoms with van der Waals surface area (Å²) in [5, 5.41) is 9.31. The Hall–Kier alpha value is -1.08. The smallest absolute Gasteiger partial charge is 0.323 e. The van der Waals surface area contributed by atoms with Crippen molar-refractivity contribution >= 4 is 5.97 Å². The molecule has 0 aromatic rings. The SMILES string of the molecule is CCCCCC1(C(C#N)C(=O)OC)CCOCC1. The molecule has 0 amide bonds. The third-order valence-electron chi connectivity index (χ3n) is 3.95. The molecule has 0 aromatic carbocycles. The highest BCUT2D eigenvalue weighted by Crippen LogP contribution is 2.43. The van der Waals surface area contributed by atoms with Gasteiger partial charge in [-0.05, 0) is 19.3 Å². The summed E-state index contributed by atoms with van der Waals surface area (Å²) in [5.74, 6) is -1.04. The summed E-state index contributed by atoms with van der Waals surface area (Å²) in [6, 6.07) is 2.16. The van der Waals surface area contributed by atoms with Gasteiger partial charge in [-0.1, -0.05) is 26.2 Å². The van der Waals surface area contributed by atoms with E-state index in [4.69, 9.17) is 9.47 Å². The van der Waals surface area contributed by atoms with E-state index in [9.17, 15) is 10.1 Å². The molecule has 1 saturated heterocycles. The van der Waals surface area contributed by atoms with Gasteiger partial charge in [0.25, 0.3) is 0 Å². The fourth-order valence-corrected chi connectivity index (χ4v) is 2.75. The average molecular weight is 253 g/mol. The van der Waals surface area contributed by atoms with E-state index in [2.05, 4.69) is 13.0 Å². The lowest BCUT2D eigenvalue weighted by Crippen LogP contribution is -2.40. The lowest BCUT2D eigenvalue weighted by atomic mass is 9.67. The van der Waals surface area contributed by atoms with Crippen LogP contribution < -0.4 is 0 Å². The monoisotopic (exact) mass is 253 g/mol. The van der Waals surface area contributed by atoms with E-state index in [1.165, 1.54) is 7.11 Å². The number of carbonyl (C=O) groups excluding carboxylic acids is 1. The Labute approximate surface area is 109 Å². The maximum Gasteiger partial charge on any atom is 0.323 e. The molecule has 0 spiro atoms. The van der Waals surface area contributed by atoms with Gasteiger partial charge in [-0.3, -0.25) is 4.79 Å². The average Bonchev–Trinajstić information content (AvgIpc) is 2.40. The molecule has 0 saturated carbocycles. The standard InChI is InChI=1S/C14H23NO3/c1-3-4-5-6-14(7-9-18-10-8-14)12(11-15)13(16)17-2/h12H,3-10H2,1-2H3. The van der Waals surface area contributed by atoms with Crippen LogP contribution in [0.3, 0.4) is 0 Å². The Balaban J connectivity index is 2.80. The molecule has 1 aliphatic heterocycles. The molecule has 1 heterocycles. The van der Waals surface area contributed by atoms with Crippen LogP contribution in [0.1, 0.15) is 45.4 Å². The van der Waals surface area contributed by atoms with Gasteiger partial charge in [-0.15, -0.1) is 0 Å². The molecule has 102 valence electrons.